The van der Waals surface area contributed by atoms with E-state index in [-0.39, 0.29) is 12.5 Å². The van der Waals surface area contributed by atoms with Crippen LogP contribution in [-0.4, -0.2) is 35.7 Å². The molecule has 22 heavy (non-hydrogen) atoms. The number of fused-ring (bicyclic) bond motifs is 1. The molecule has 1 aliphatic heterocycles. The number of carbonyl (C=O) groups excluding carboxylic acids is 3. The van der Waals surface area contributed by atoms with Gasteiger partial charge in [0, 0.05) is 6.54 Å². The second-order valence-electron chi connectivity index (χ2n) is 5.51. The van der Waals surface area contributed by atoms with Crippen molar-refractivity contribution in [2.45, 2.75) is 39.0 Å². The van der Waals surface area contributed by atoms with E-state index in [1.807, 2.05) is 0 Å². The Morgan fingerprint density at radius 1 is 1.00 bits per heavy atom. The number of unbranched alkanes of at least 4 members (excludes halogenated alkanes) is 4. The van der Waals surface area contributed by atoms with Crippen molar-refractivity contribution in [2.24, 2.45) is 0 Å². The van der Waals surface area contributed by atoms with Crippen molar-refractivity contribution in [2.75, 3.05) is 13.1 Å². The molecular weight excluding hydrogens is 280 g/mol. The van der Waals surface area contributed by atoms with Crippen molar-refractivity contribution < 1.29 is 14.4 Å². The third-order valence-corrected chi connectivity index (χ3v) is 3.78. The lowest BCUT2D eigenvalue weighted by Gasteiger charge is -2.13. The van der Waals surface area contributed by atoms with Crippen LogP contribution in [0.5, 0.6) is 0 Å². The van der Waals surface area contributed by atoms with E-state index in [9.17, 15) is 14.4 Å². The highest BCUT2D eigenvalue weighted by Gasteiger charge is 2.36. The van der Waals surface area contributed by atoms with Gasteiger partial charge >= 0.3 is 0 Å². The number of nitrogens with zero attached hydrogens (tertiary/aromatic N) is 1. The molecule has 0 atom stereocenters. The largest absolute Gasteiger partial charge is 0.355 e. The third-order valence-electron chi connectivity index (χ3n) is 3.78. The maximum absolute atomic E-state index is 12.1. The molecule has 3 amide bonds. The van der Waals surface area contributed by atoms with Crippen molar-refractivity contribution >= 4 is 17.7 Å². The maximum atomic E-state index is 12.1. The molecule has 0 spiro atoms. The van der Waals surface area contributed by atoms with E-state index in [0.717, 1.165) is 17.7 Å². The lowest BCUT2D eigenvalue weighted by molar-refractivity contribution is -0.121. The van der Waals surface area contributed by atoms with E-state index < -0.39 is 11.8 Å². The summed E-state index contributed by atoms with van der Waals surface area (Å²) in [6, 6.07) is 6.65. The second kappa shape index (κ2) is 7.73. The van der Waals surface area contributed by atoms with Gasteiger partial charge in [-0.25, -0.2) is 0 Å². The Hall–Kier alpha value is -2.17. The van der Waals surface area contributed by atoms with E-state index >= 15 is 0 Å². The summed E-state index contributed by atoms with van der Waals surface area (Å²) in [5.74, 6) is -1.07. The highest BCUT2D eigenvalue weighted by molar-refractivity contribution is 6.22. The van der Waals surface area contributed by atoms with Crippen LogP contribution in [0.15, 0.2) is 24.3 Å². The Labute approximate surface area is 130 Å². The summed E-state index contributed by atoms with van der Waals surface area (Å²) in [4.78, 5) is 37.1. The average molecular weight is 302 g/mol. The number of nitrogens with one attached hydrogen (secondary N) is 1. The van der Waals surface area contributed by atoms with Crippen LogP contribution in [0.3, 0.4) is 0 Å². The number of imide groups is 1. The summed E-state index contributed by atoms with van der Waals surface area (Å²) in [5, 5.41) is 2.77. The van der Waals surface area contributed by atoms with Gasteiger partial charge in [-0.3, -0.25) is 19.3 Å². The predicted octanol–water partition coefficient (Wildman–Crippen LogP) is 2.37. The fraction of sp³-hybridized carbons (Fsp3) is 0.471. The topological polar surface area (TPSA) is 66.5 Å². The molecule has 1 heterocycles. The summed E-state index contributed by atoms with van der Waals surface area (Å²) in [7, 11) is 0. The molecule has 1 N–H and O–H groups in total. The number of benzene rings is 1. The molecule has 0 bridgehead atoms. The molecule has 0 fully saturated rings. The van der Waals surface area contributed by atoms with Crippen LogP contribution >= 0.6 is 0 Å². The quantitative estimate of drug-likeness (QED) is 0.592. The van der Waals surface area contributed by atoms with Gasteiger partial charge in [0.2, 0.25) is 5.91 Å². The Bertz CT molecular complexity index is 534. The van der Waals surface area contributed by atoms with Crippen LogP contribution in [-0.2, 0) is 4.79 Å². The fourth-order valence-corrected chi connectivity index (χ4v) is 2.54. The average Bonchev–Trinajstić information content (AvgIpc) is 2.76. The summed E-state index contributed by atoms with van der Waals surface area (Å²) < 4.78 is 0. The highest BCUT2D eigenvalue weighted by atomic mass is 16.2. The molecule has 0 unspecified atom stereocenters. The molecule has 0 radical (unpaired) electrons. The van der Waals surface area contributed by atoms with Crippen molar-refractivity contribution in [1.82, 2.24) is 10.2 Å². The fourth-order valence-electron chi connectivity index (χ4n) is 2.54. The molecular formula is C17H22N2O3. The van der Waals surface area contributed by atoms with Crippen LogP contribution in [0.1, 0.15) is 59.7 Å². The van der Waals surface area contributed by atoms with E-state index in [1.54, 1.807) is 24.3 Å². The molecule has 5 nitrogen and oxygen atoms in total. The number of hydrogen-bond acceptors (Lipinski definition) is 3. The van der Waals surface area contributed by atoms with Gasteiger partial charge in [0.25, 0.3) is 11.8 Å². The van der Waals surface area contributed by atoms with Crippen LogP contribution in [0.25, 0.3) is 0 Å². The first-order valence-corrected chi connectivity index (χ1v) is 7.87. The first-order valence-electron chi connectivity index (χ1n) is 7.87. The molecule has 2 rings (SSSR count). The number of rotatable bonds is 8. The lowest BCUT2D eigenvalue weighted by atomic mass is 10.1. The van der Waals surface area contributed by atoms with E-state index in [4.69, 9.17) is 0 Å². The van der Waals surface area contributed by atoms with Crippen molar-refractivity contribution in [3.63, 3.8) is 0 Å². The zero-order valence-corrected chi connectivity index (χ0v) is 12.9. The summed E-state index contributed by atoms with van der Waals surface area (Å²) in [5.41, 5.74) is 0.750. The van der Waals surface area contributed by atoms with Gasteiger partial charge in [-0.15, -0.1) is 0 Å². The van der Waals surface area contributed by atoms with Crippen molar-refractivity contribution in [1.29, 1.82) is 0 Å². The molecule has 0 aromatic heterocycles. The van der Waals surface area contributed by atoms with E-state index in [0.29, 0.717) is 17.7 Å². The molecule has 1 aromatic carbocycles. The standard InChI is InChI=1S/C17H22N2O3/c1-2-3-4-5-8-11-18-15(20)12-19-16(21)13-9-6-7-10-14(13)17(19)22/h6-7,9-10H,2-5,8,11-12H2,1H3,(H,18,20). The van der Waals surface area contributed by atoms with Gasteiger partial charge in [0.05, 0.1) is 11.1 Å². The van der Waals surface area contributed by atoms with Crippen LogP contribution in [0.2, 0.25) is 0 Å². The second-order valence-corrected chi connectivity index (χ2v) is 5.51. The Morgan fingerprint density at radius 3 is 2.18 bits per heavy atom. The summed E-state index contributed by atoms with van der Waals surface area (Å²) in [6.45, 7) is 2.54. The maximum Gasteiger partial charge on any atom is 0.262 e. The molecule has 118 valence electrons. The molecule has 1 aliphatic rings. The minimum atomic E-state index is -0.390. The van der Waals surface area contributed by atoms with Crippen molar-refractivity contribution in [3.8, 4) is 0 Å². The number of amides is 3. The number of hydrogen-bond donors (Lipinski definition) is 1. The molecule has 1 aromatic rings. The molecule has 0 saturated carbocycles. The first-order chi connectivity index (χ1) is 10.6. The zero-order valence-electron chi connectivity index (χ0n) is 12.9. The van der Waals surface area contributed by atoms with Gasteiger partial charge in [0.15, 0.2) is 0 Å². The van der Waals surface area contributed by atoms with Gasteiger partial charge < -0.3 is 5.32 Å². The number of carbonyl (C=O) groups is 3. The van der Waals surface area contributed by atoms with Gasteiger partial charge in [-0.05, 0) is 18.6 Å². The Balaban J connectivity index is 1.79. The van der Waals surface area contributed by atoms with Gasteiger partial charge in [-0.2, -0.15) is 0 Å². The SMILES string of the molecule is CCCCCCCNC(=O)CN1C(=O)c2ccccc2C1=O. The molecule has 0 saturated heterocycles. The van der Waals surface area contributed by atoms with E-state index in [2.05, 4.69) is 12.2 Å². The smallest absolute Gasteiger partial charge is 0.262 e. The minimum Gasteiger partial charge on any atom is -0.355 e. The minimum absolute atomic E-state index is 0.207. The molecule has 5 heteroatoms. The predicted molar refractivity (Wildman–Crippen MR) is 83.6 cm³/mol. The van der Waals surface area contributed by atoms with Crippen LogP contribution < -0.4 is 5.32 Å². The molecule has 0 aliphatic carbocycles. The normalized spacial score (nSPS) is 13.4. The van der Waals surface area contributed by atoms with E-state index in [1.165, 1.54) is 19.3 Å². The van der Waals surface area contributed by atoms with Gasteiger partial charge in [0.1, 0.15) is 6.54 Å². The van der Waals surface area contributed by atoms with Crippen molar-refractivity contribution in [3.05, 3.63) is 35.4 Å². The van der Waals surface area contributed by atoms with Gasteiger partial charge in [-0.1, -0.05) is 44.7 Å². The van der Waals surface area contributed by atoms with Crippen LogP contribution in [0.4, 0.5) is 0 Å². The first kappa shape index (κ1) is 16.2. The van der Waals surface area contributed by atoms with Crippen LogP contribution in [0, 0.1) is 0 Å². The summed E-state index contributed by atoms with van der Waals surface area (Å²) >= 11 is 0. The monoisotopic (exact) mass is 302 g/mol. The summed E-state index contributed by atoms with van der Waals surface area (Å²) in [6.07, 6.45) is 5.58. The lowest BCUT2D eigenvalue weighted by Crippen LogP contribution is -2.40. The zero-order chi connectivity index (χ0) is 15.9. The highest BCUT2D eigenvalue weighted by Crippen LogP contribution is 2.21. The third kappa shape index (κ3) is 3.72. The Morgan fingerprint density at radius 2 is 1.59 bits per heavy atom. The Kier molecular flexibility index (Phi) is 5.69.